The van der Waals surface area contributed by atoms with E-state index in [2.05, 4.69) is 38.7 Å². The summed E-state index contributed by atoms with van der Waals surface area (Å²) >= 11 is 0. The van der Waals surface area contributed by atoms with Gasteiger partial charge in [-0.25, -0.2) is 9.59 Å². The molecule has 0 rings (SSSR count). The summed E-state index contributed by atoms with van der Waals surface area (Å²) in [7, 11) is 0. The van der Waals surface area contributed by atoms with E-state index in [1.165, 1.54) is 39.0 Å². The van der Waals surface area contributed by atoms with Crippen molar-refractivity contribution in [3.8, 4) is 0 Å². The van der Waals surface area contributed by atoms with E-state index in [1.54, 1.807) is 0 Å². The quantitative estimate of drug-likeness (QED) is 0.116. The summed E-state index contributed by atoms with van der Waals surface area (Å²) in [5, 5.41) is 16.7. The van der Waals surface area contributed by atoms with Gasteiger partial charge in [0, 0.05) is 11.1 Å². The Kier molecular flexibility index (Phi) is 20.3. The van der Waals surface area contributed by atoms with E-state index in [4.69, 9.17) is 10.2 Å². The van der Waals surface area contributed by atoms with E-state index in [0.717, 1.165) is 38.0 Å². The first-order chi connectivity index (χ1) is 13.6. The number of esters is 2. The summed E-state index contributed by atoms with van der Waals surface area (Å²) in [6, 6.07) is 0. The van der Waals surface area contributed by atoms with E-state index < -0.39 is 18.2 Å². The van der Waals surface area contributed by atoms with E-state index in [0.29, 0.717) is 18.4 Å². The monoisotopic (exact) mass is 412 g/mol. The molecule has 0 spiro atoms. The highest BCUT2D eigenvalue weighted by molar-refractivity contribution is 6.00. The summed E-state index contributed by atoms with van der Waals surface area (Å²) in [6.07, 6.45) is 11.5. The molecule has 5 heteroatoms. The molecule has 0 saturated heterocycles. The van der Waals surface area contributed by atoms with Crippen molar-refractivity contribution in [3.63, 3.8) is 0 Å². The predicted octanol–water partition coefficient (Wildman–Crippen LogP) is 5.84. The van der Waals surface area contributed by atoms with Crippen molar-refractivity contribution in [2.45, 2.75) is 111 Å². The smallest absolute Gasteiger partial charge is 0.341 e. The molecule has 0 aliphatic rings. The zero-order valence-electron chi connectivity index (χ0n) is 19.2. The fourth-order valence-corrected chi connectivity index (χ4v) is 2.52. The minimum atomic E-state index is -1.10. The Morgan fingerprint density at radius 3 is 1.83 bits per heavy atom. The lowest BCUT2D eigenvalue weighted by Crippen LogP contribution is -2.14. The van der Waals surface area contributed by atoms with E-state index >= 15 is 0 Å². The summed E-state index contributed by atoms with van der Waals surface area (Å²) in [5.74, 6) is -0.507. The number of rotatable bonds is 15. The van der Waals surface area contributed by atoms with Crippen molar-refractivity contribution >= 4 is 11.9 Å². The molecule has 0 atom stereocenters. The summed E-state index contributed by atoms with van der Waals surface area (Å²) in [5.41, 5.74) is 0.585. The van der Waals surface area contributed by atoms with Gasteiger partial charge in [-0.3, -0.25) is 0 Å². The van der Waals surface area contributed by atoms with E-state index in [-0.39, 0.29) is 5.57 Å². The number of ether oxygens (including phenoxy) is 1. The molecule has 0 radical (unpaired) electrons. The Labute approximate surface area is 178 Å². The minimum absolute atomic E-state index is 0.220. The number of carbonyl (C=O) groups is 2. The maximum Gasteiger partial charge on any atom is 0.341 e. The van der Waals surface area contributed by atoms with E-state index in [9.17, 15) is 9.59 Å². The standard InChI is InChI=1S/C18H30O3.C6H14O2/c1-14(2)12-10-8-6-7-9-11-13-16(5)18(20)21-17(19)15(3)4;1-2-3-4-5-6(7)8/h14H,3,5-13H2,1-2,4H3;6-8H,2-5H2,1H3. The highest BCUT2D eigenvalue weighted by Gasteiger charge is 2.13. The van der Waals surface area contributed by atoms with Crippen LogP contribution in [0.25, 0.3) is 0 Å². The second kappa shape index (κ2) is 19.8. The van der Waals surface area contributed by atoms with Gasteiger partial charge in [-0.15, -0.1) is 0 Å². The van der Waals surface area contributed by atoms with Gasteiger partial charge in [0.2, 0.25) is 0 Å². The van der Waals surface area contributed by atoms with Crippen LogP contribution in [0.2, 0.25) is 0 Å². The average molecular weight is 413 g/mol. The summed E-state index contributed by atoms with van der Waals surface area (Å²) < 4.78 is 4.63. The number of hydrogen-bond donors (Lipinski definition) is 2. The minimum Gasteiger partial charge on any atom is -0.386 e. The average Bonchev–Trinajstić information content (AvgIpc) is 2.63. The molecule has 0 aromatic carbocycles. The maximum atomic E-state index is 11.5. The molecule has 29 heavy (non-hydrogen) atoms. The van der Waals surface area contributed by atoms with Gasteiger partial charge < -0.3 is 14.9 Å². The molecule has 170 valence electrons. The lowest BCUT2D eigenvalue weighted by Gasteiger charge is -2.06. The molecule has 0 saturated carbocycles. The van der Waals surface area contributed by atoms with Crippen molar-refractivity contribution in [1.82, 2.24) is 0 Å². The van der Waals surface area contributed by atoms with Crippen LogP contribution in [0.5, 0.6) is 0 Å². The maximum absolute atomic E-state index is 11.5. The van der Waals surface area contributed by atoms with Crippen molar-refractivity contribution in [2.24, 2.45) is 5.92 Å². The first kappa shape index (κ1) is 29.7. The van der Waals surface area contributed by atoms with Gasteiger partial charge in [0.15, 0.2) is 6.29 Å². The van der Waals surface area contributed by atoms with Crippen LogP contribution in [0.1, 0.15) is 105 Å². The van der Waals surface area contributed by atoms with Gasteiger partial charge in [-0.2, -0.15) is 0 Å². The fourth-order valence-electron chi connectivity index (χ4n) is 2.52. The zero-order valence-corrected chi connectivity index (χ0v) is 19.2. The highest BCUT2D eigenvalue weighted by atomic mass is 16.6. The Hall–Kier alpha value is -1.46. The van der Waals surface area contributed by atoms with Crippen LogP contribution in [0.4, 0.5) is 0 Å². The molecule has 0 heterocycles. The van der Waals surface area contributed by atoms with Gasteiger partial charge in [0.25, 0.3) is 0 Å². The third-order valence-corrected chi connectivity index (χ3v) is 4.40. The molecule has 5 nitrogen and oxygen atoms in total. The van der Waals surface area contributed by atoms with Crippen LogP contribution in [0.15, 0.2) is 24.3 Å². The Morgan fingerprint density at radius 1 is 0.828 bits per heavy atom. The molecule has 0 bridgehead atoms. The molecular formula is C24H44O5. The van der Waals surface area contributed by atoms with Gasteiger partial charge in [-0.1, -0.05) is 85.3 Å². The van der Waals surface area contributed by atoms with Gasteiger partial charge in [0.05, 0.1) is 0 Å². The van der Waals surface area contributed by atoms with Gasteiger partial charge >= 0.3 is 11.9 Å². The largest absolute Gasteiger partial charge is 0.386 e. The third-order valence-electron chi connectivity index (χ3n) is 4.40. The summed E-state index contributed by atoms with van der Waals surface area (Å²) in [6.45, 7) is 15.2. The van der Waals surface area contributed by atoms with Crippen LogP contribution in [-0.2, 0) is 14.3 Å². The van der Waals surface area contributed by atoms with Crippen molar-refractivity contribution in [1.29, 1.82) is 0 Å². The molecule has 0 amide bonds. The number of aliphatic hydroxyl groups is 2. The normalized spacial score (nSPS) is 10.5. The van der Waals surface area contributed by atoms with E-state index in [1.807, 2.05) is 0 Å². The molecule has 0 aromatic rings. The number of carbonyl (C=O) groups excluding carboxylic acids is 2. The zero-order chi connectivity index (χ0) is 22.7. The fraction of sp³-hybridized carbons (Fsp3) is 0.750. The van der Waals surface area contributed by atoms with Crippen LogP contribution in [0, 0.1) is 5.92 Å². The second-order valence-corrected chi connectivity index (χ2v) is 8.09. The lowest BCUT2D eigenvalue weighted by atomic mass is 10.0. The summed E-state index contributed by atoms with van der Waals surface area (Å²) in [4.78, 5) is 22.7. The van der Waals surface area contributed by atoms with Crippen LogP contribution in [0.3, 0.4) is 0 Å². The number of aliphatic hydroxyl groups excluding tert-OH is 1. The van der Waals surface area contributed by atoms with Crippen molar-refractivity contribution < 1.29 is 24.5 Å². The molecule has 0 aliphatic carbocycles. The Bertz CT molecular complexity index is 466. The molecule has 2 N–H and O–H groups in total. The molecular weight excluding hydrogens is 368 g/mol. The van der Waals surface area contributed by atoms with Crippen LogP contribution in [-0.4, -0.2) is 28.4 Å². The first-order valence-electron chi connectivity index (χ1n) is 11.1. The molecule has 0 unspecified atom stereocenters. The van der Waals surface area contributed by atoms with Gasteiger partial charge in [-0.05, 0) is 38.5 Å². The van der Waals surface area contributed by atoms with Gasteiger partial charge in [0.1, 0.15) is 0 Å². The molecule has 0 fully saturated rings. The molecule has 0 aliphatic heterocycles. The number of hydrogen-bond acceptors (Lipinski definition) is 5. The second-order valence-electron chi connectivity index (χ2n) is 8.09. The van der Waals surface area contributed by atoms with Crippen LogP contribution >= 0.6 is 0 Å². The van der Waals surface area contributed by atoms with Crippen LogP contribution < -0.4 is 0 Å². The van der Waals surface area contributed by atoms with Crippen molar-refractivity contribution in [2.75, 3.05) is 0 Å². The SMILES string of the molecule is C=C(C)C(=O)OC(=O)C(=C)CCCCCCCCC(C)C.CCCCCC(O)O. The molecule has 0 aromatic heterocycles. The predicted molar refractivity (Wildman–Crippen MR) is 119 cm³/mol. The highest BCUT2D eigenvalue weighted by Crippen LogP contribution is 2.14. The van der Waals surface area contributed by atoms with Crippen molar-refractivity contribution in [3.05, 3.63) is 24.3 Å². The first-order valence-corrected chi connectivity index (χ1v) is 11.1. The number of unbranched alkanes of at least 4 members (excludes halogenated alkanes) is 7. The Morgan fingerprint density at radius 2 is 1.34 bits per heavy atom. The lowest BCUT2D eigenvalue weighted by molar-refractivity contribution is -0.154. The topological polar surface area (TPSA) is 83.8 Å². The third kappa shape index (κ3) is 22.7. The Balaban J connectivity index is 0.